The van der Waals surface area contributed by atoms with E-state index in [1.807, 2.05) is 48.5 Å². The maximum atomic E-state index is 12.7. The molecule has 2 amide bonds. The van der Waals surface area contributed by atoms with Crippen LogP contribution in [0.1, 0.15) is 24.8 Å². The van der Waals surface area contributed by atoms with E-state index >= 15 is 0 Å². The van der Waals surface area contributed by atoms with E-state index < -0.39 is 5.92 Å². The van der Waals surface area contributed by atoms with Gasteiger partial charge < -0.3 is 14.7 Å². The number of hydrogen-bond acceptors (Lipinski definition) is 5. The summed E-state index contributed by atoms with van der Waals surface area (Å²) in [5.74, 6) is 0.333. The zero-order chi connectivity index (χ0) is 20.4. The van der Waals surface area contributed by atoms with Crippen LogP contribution in [0.5, 0.6) is 0 Å². The van der Waals surface area contributed by atoms with E-state index in [-0.39, 0.29) is 18.2 Å². The normalized spacial score (nSPS) is 16.3. The summed E-state index contributed by atoms with van der Waals surface area (Å²) in [7, 11) is 0. The van der Waals surface area contributed by atoms with E-state index in [4.69, 9.17) is 4.52 Å². The number of anilines is 2. The summed E-state index contributed by atoms with van der Waals surface area (Å²) < 4.78 is 5.03. The Morgan fingerprint density at radius 1 is 1.24 bits per heavy atom. The molecule has 3 aromatic rings. The van der Waals surface area contributed by atoms with Gasteiger partial charge in [0.25, 0.3) is 0 Å². The number of benzene rings is 2. The van der Waals surface area contributed by atoms with Gasteiger partial charge in [0.15, 0.2) is 0 Å². The van der Waals surface area contributed by atoms with Crippen LogP contribution in [0.25, 0.3) is 11.4 Å². The Balaban J connectivity index is 1.47. The smallest absolute Gasteiger partial charge is 0.229 e. The largest absolute Gasteiger partial charge is 0.339 e. The van der Waals surface area contributed by atoms with Crippen molar-refractivity contribution in [3.63, 3.8) is 0 Å². The second-order valence-corrected chi connectivity index (χ2v) is 7.13. The molecule has 1 aliphatic rings. The number of hydrogen-bond donors (Lipinski definition) is 1. The highest BCUT2D eigenvalue weighted by Crippen LogP contribution is 2.29. The molecule has 29 heavy (non-hydrogen) atoms. The molecule has 0 bridgehead atoms. The van der Waals surface area contributed by atoms with Gasteiger partial charge in [-0.05, 0) is 36.2 Å². The summed E-state index contributed by atoms with van der Waals surface area (Å²) in [4.78, 5) is 31.1. The average molecular weight is 390 g/mol. The monoisotopic (exact) mass is 390 g/mol. The molecule has 1 fully saturated rings. The third-order valence-electron chi connectivity index (χ3n) is 5.07. The standard InChI is InChI=1S/C22H22N4O3/c1-3-15-7-9-18(10-8-15)24-22(28)17-12-20(27)26(13-17)19-6-4-5-16(11-19)21-23-14(2)29-25-21/h4-11,17H,3,12-13H2,1-2H3,(H,24,28)/t17-/m0/s1. The third kappa shape index (κ3) is 4.03. The van der Waals surface area contributed by atoms with Crippen molar-refractivity contribution in [3.8, 4) is 11.4 Å². The molecule has 0 saturated carbocycles. The number of amides is 2. The molecule has 1 atom stereocenters. The zero-order valence-corrected chi connectivity index (χ0v) is 16.4. The highest BCUT2D eigenvalue weighted by Gasteiger charge is 2.35. The Morgan fingerprint density at radius 2 is 2.03 bits per heavy atom. The molecule has 1 aromatic heterocycles. The van der Waals surface area contributed by atoms with E-state index in [0.29, 0.717) is 18.3 Å². The van der Waals surface area contributed by atoms with E-state index in [9.17, 15) is 9.59 Å². The number of nitrogens with zero attached hydrogens (tertiary/aromatic N) is 3. The van der Waals surface area contributed by atoms with Crippen molar-refractivity contribution >= 4 is 23.2 Å². The molecular formula is C22H22N4O3. The molecule has 0 unspecified atom stereocenters. The highest BCUT2D eigenvalue weighted by atomic mass is 16.5. The predicted octanol–water partition coefficient (Wildman–Crippen LogP) is 3.60. The average Bonchev–Trinajstić information content (AvgIpc) is 3.34. The van der Waals surface area contributed by atoms with Crippen molar-refractivity contribution in [1.82, 2.24) is 10.1 Å². The van der Waals surface area contributed by atoms with Crippen molar-refractivity contribution in [3.05, 3.63) is 60.0 Å². The Labute approximate surface area is 168 Å². The molecule has 0 spiro atoms. The summed E-state index contributed by atoms with van der Waals surface area (Å²) in [6, 6.07) is 15.2. The van der Waals surface area contributed by atoms with Gasteiger partial charge in [-0.15, -0.1) is 0 Å². The molecular weight excluding hydrogens is 368 g/mol. The summed E-state index contributed by atoms with van der Waals surface area (Å²) in [6.45, 7) is 4.15. The molecule has 0 aliphatic carbocycles. The first-order chi connectivity index (χ1) is 14.0. The van der Waals surface area contributed by atoms with Gasteiger partial charge in [-0.3, -0.25) is 9.59 Å². The lowest BCUT2D eigenvalue weighted by Gasteiger charge is -2.17. The molecule has 148 valence electrons. The second-order valence-electron chi connectivity index (χ2n) is 7.13. The molecule has 1 N–H and O–H groups in total. The lowest BCUT2D eigenvalue weighted by molar-refractivity contribution is -0.122. The maximum absolute atomic E-state index is 12.7. The lowest BCUT2D eigenvalue weighted by Crippen LogP contribution is -2.28. The fourth-order valence-electron chi connectivity index (χ4n) is 3.43. The minimum absolute atomic E-state index is 0.0760. The first-order valence-electron chi connectivity index (χ1n) is 9.64. The van der Waals surface area contributed by atoms with Gasteiger partial charge in [0.2, 0.25) is 23.5 Å². The number of aromatic nitrogens is 2. The second kappa shape index (κ2) is 7.87. The topological polar surface area (TPSA) is 88.3 Å². The van der Waals surface area contributed by atoms with Gasteiger partial charge in [0, 0.05) is 36.8 Å². The Kier molecular flexibility index (Phi) is 5.12. The molecule has 7 nitrogen and oxygen atoms in total. The first-order valence-corrected chi connectivity index (χ1v) is 9.64. The van der Waals surface area contributed by atoms with Crippen LogP contribution in [0.2, 0.25) is 0 Å². The maximum Gasteiger partial charge on any atom is 0.229 e. The van der Waals surface area contributed by atoms with Gasteiger partial charge in [0.1, 0.15) is 0 Å². The Hall–Kier alpha value is -3.48. The van der Waals surface area contributed by atoms with Crippen LogP contribution in [0.15, 0.2) is 53.1 Å². The summed E-state index contributed by atoms with van der Waals surface area (Å²) in [5.41, 5.74) is 3.43. The minimum atomic E-state index is -0.399. The predicted molar refractivity (Wildman–Crippen MR) is 109 cm³/mol. The highest BCUT2D eigenvalue weighted by molar-refractivity contribution is 6.03. The van der Waals surface area contributed by atoms with Crippen LogP contribution in [0.4, 0.5) is 11.4 Å². The number of carbonyl (C=O) groups is 2. The number of aryl methyl sites for hydroxylation is 2. The van der Waals surface area contributed by atoms with Crippen molar-refractivity contribution in [2.45, 2.75) is 26.7 Å². The van der Waals surface area contributed by atoms with E-state index in [0.717, 1.165) is 23.4 Å². The molecule has 7 heteroatoms. The van der Waals surface area contributed by atoms with Crippen molar-refractivity contribution < 1.29 is 14.1 Å². The van der Waals surface area contributed by atoms with Crippen molar-refractivity contribution in [2.75, 3.05) is 16.8 Å². The van der Waals surface area contributed by atoms with Gasteiger partial charge >= 0.3 is 0 Å². The fraction of sp³-hybridized carbons (Fsp3) is 0.273. The quantitative estimate of drug-likeness (QED) is 0.719. The minimum Gasteiger partial charge on any atom is -0.339 e. The van der Waals surface area contributed by atoms with Gasteiger partial charge in [-0.2, -0.15) is 4.98 Å². The molecule has 2 heterocycles. The SMILES string of the molecule is CCc1ccc(NC(=O)[C@H]2CC(=O)N(c3cccc(-c4noc(C)n4)c3)C2)cc1. The van der Waals surface area contributed by atoms with E-state index in [2.05, 4.69) is 22.4 Å². The number of carbonyl (C=O) groups excluding carboxylic acids is 2. The van der Waals surface area contributed by atoms with Crippen LogP contribution >= 0.6 is 0 Å². The number of rotatable bonds is 5. The van der Waals surface area contributed by atoms with Gasteiger partial charge in [0.05, 0.1) is 5.92 Å². The summed E-state index contributed by atoms with van der Waals surface area (Å²) in [6.07, 6.45) is 1.13. The van der Waals surface area contributed by atoms with Crippen LogP contribution in [0, 0.1) is 12.8 Å². The van der Waals surface area contributed by atoms with Crippen LogP contribution in [0.3, 0.4) is 0 Å². The molecule has 4 rings (SSSR count). The molecule has 0 radical (unpaired) electrons. The van der Waals surface area contributed by atoms with Crippen LogP contribution in [-0.2, 0) is 16.0 Å². The summed E-state index contributed by atoms with van der Waals surface area (Å²) in [5, 5.41) is 6.84. The van der Waals surface area contributed by atoms with Crippen LogP contribution in [-0.4, -0.2) is 28.5 Å². The van der Waals surface area contributed by atoms with E-state index in [1.165, 1.54) is 5.56 Å². The fourth-order valence-corrected chi connectivity index (χ4v) is 3.43. The first kappa shape index (κ1) is 18.9. The lowest BCUT2D eigenvalue weighted by atomic mass is 10.1. The van der Waals surface area contributed by atoms with Crippen LogP contribution < -0.4 is 10.2 Å². The zero-order valence-electron chi connectivity index (χ0n) is 16.4. The van der Waals surface area contributed by atoms with Crippen molar-refractivity contribution in [1.29, 1.82) is 0 Å². The molecule has 1 aliphatic heterocycles. The molecule has 2 aromatic carbocycles. The van der Waals surface area contributed by atoms with E-state index in [1.54, 1.807) is 11.8 Å². The summed E-state index contributed by atoms with van der Waals surface area (Å²) >= 11 is 0. The molecule has 1 saturated heterocycles. The Morgan fingerprint density at radius 3 is 2.72 bits per heavy atom. The van der Waals surface area contributed by atoms with Crippen molar-refractivity contribution in [2.24, 2.45) is 5.92 Å². The number of nitrogens with one attached hydrogen (secondary N) is 1. The third-order valence-corrected chi connectivity index (χ3v) is 5.07. The Bertz CT molecular complexity index is 1040. The van der Waals surface area contributed by atoms with Gasteiger partial charge in [-0.25, -0.2) is 0 Å². The van der Waals surface area contributed by atoms with Gasteiger partial charge in [-0.1, -0.05) is 36.3 Å².